The van der Waals surface area contributed by atoms with Crippen molar-refractivity contribution in [3.8, 4) is 0 Å². The number of carbonyl (C=O) groups is 3. The van der Waals surface area contributed by atoms with Gasteiger partial charge in [0.25, 0.3) is 0 Å². The van der Waals surface area contributed by atoms with Crippen molar-refractivity contribution in [3.63, 3.8) is 0 Å². The molecular formula is C21H20N2O3. The van der Waals surface area contributed by atoms with Crippen LogP contribution in [-0.2, 0) is 16.0 Å². The summed E-state index contributed by atoms with van der Waals surface area (Å²) in [7, 11) is 1.73. The lowest BCUT2D eigenvalue weighted by atomic mass is 10.0. The van der Waals surface area contributed by atoms with Crippen LogP contribution in [0.5, 0.6) is 0 Å². The Morgan fingerprint density at radius 3 is 2.69 bits per heavy atom. The highest BCUT2D eigenvalue weighted by atomic mass is 16.2. The first kappa shape index (κ1) is 17.6. The van der Waals surface area contributed by atoms with E-state index < -0.39 is 0 Å². The van der Waals surface area contributed by atoms with Gasteiger partial charge in [-0.2, -0.15) is 0 Å². The van der Waals surface area contributed by atoms with E-state index in [1.165, 1.54) is 6.08 Å². The lowest BCUT2D eigenvalue weighted by molar-refractivity contribution is -0.117. The summed E-state index contributed by atoms with van der Waals surface area (Å²) in [5, 5.41) is 2.71. The van der Waals surface area contributed by atoms with Gasteiger partial charge in [-0.25, -0.2) is 0 Å². The van der Waals surface area contributed by atoms with Crippen LogP contribution in [0, 0.1) is 0 Å². The SMILES string of the molecule is CN1C(=O)Cc2cc(C(=O)CCNC(=O)/C=C/c3ccccc3)ccc21. The minimum absolute atomic E-state index is 0.0297. The molecule has 1 aliphatic heterocycles. The Labute approximate surface area is 152 Å². The third-order valence-electron chi connectivity index (χ3n) is 4.36. The monoisotopic (exact) mass is 348 g/mol. The van der Waals surface area contributed by atoms with Crippen molar-refractivity contribution in [2.75, 3.05) is 18.5 Å². The second-order valence-electron chi connectivity index (χ2n) is 6.18. The number of fused-ring (bicyclic) bond motifs is 1. The van der Waals surface area contributed by atoms with Crippen molar-refractivity contribution in [1.29, 1.82) is 0 Å². The predicted octanol–water partition coefficient (Wildman–Crippen LogP) is 2.61. The number of anilines is 1. The molecule has 2 aromatic carbocycles. The van der Waals surface area contributed by atoms with Crippen LogP contribution >= 0.6 is 0 Å². The molecule has 132 valence electrons. The summed E-state index contributed by atoms with van der Waals surface area (Å²) in [5.74, 6) is -0.257. The number of carbonyl (C=O) groups excluding carboxylic acids is 3. The molecule has 0 saturated heterocycles. The molecule has 2 aromatic rings. The van der Waals surface area contributed by atoms with E-state index in [-0.39, 0.29) is 30.6 Å². The van der Waals surface area contributed by atoms with E-state index in [9.17, 15) is 14.4 Å². The third kappa shape index (κ3) is 4.06. The maximum absolute atomic E-state index is 12.3. The van der Waals surface area contributed by atoms with E-state index in [1.54, 1.807) is 36.2 Å². The second kappa shape index (κ2) is 7.78. The highest BCUT2D eigenvalue weighted by molar-refractivity contribution is 6.03. The van der Waals surface area contributed by atoms with Gasteiger partial charge in [-0.1, -0.05) is 30.3 Å². The summed E-state index contributed by atoms with van der Waals surface area (Å²) in [6.07, 6.45) is 3.73. The van der Waals surface area contributed by atoms with Crippen molar-refractivity contribution in [1.82, 2.24) is 5.32 Å². The average Bonchev–Trinajstić information content (AvgIpc) is 2.94. The Morgan fingerprint density at radius 1 is 1.15 bits per heavy atom. The first-order valence-electron chi connectivity index (χ1n) is 8.48. The van der Waals surface area contributed by atoms with Crippen LogP contribution < -0.4 is 10.2 Å². The van der Waals surface area contributed by atoms with E-state index in [4.69, 9.17) is 0 Å². The predicted molar refractivity (Wildman–Crippen MR) is 101 cm³/mol. The standard InChI is InChI=1S/C21H20N2O3/c1-23-18-9-8-16(13-17(18)14-21(23)26)19(24)11-12-22-20(25)10-7-15-5-3-2-4-6-15/h2-10,13H,11-12,14H2,1H3,(H,22,25)/b10-7+. The maximum atomic E-state index is 12.3. The molecule has 0 unspecified atom stereocenters. The largest absolute Gasteiger partial charge is 0.352 e. The molecule has 5 heteroatoms. The minimum Gasteiger partial charge on any atom is -0.352 e. The van der Waals surface area contributed by atoms with Gasteiger partial charge >= 0.3 is 0 Å². The molecular weight excluding hydrogens is 328 g/mol. The van der Waals surface area contributed by atoms with Gasteiger partial charge < -0.3 is 10.2 Å². The molecule has 1 heterocycles. The molecule has 1 aliphatic rings. The van der Waals surface area contributed by atoms with E-state index in [1.807, 2.05) is 30.3 Å². The smallest absolute Gasteiger partial charge is 0.244 e. The minimum atomic E-state index is -0.233. The zero-order valence-corrected chi connectivity index (χ0v) is 14.6. The number of nitrogens with zero attached hydrogens (tertiary/aromatic N) is 1. The van der Waals surface area contributed by atoms with Gasteiger partial charge in [0.15, 0.2) is 5.78 Å². The summed E-state index contributed by atoms with van der Waals surface area (Å²) >= 11 is 0. The highest BCUT2D eigenvalue weighted by Crippen LogP contribution is 2.28. The molecule has 1 N–H and O–H groups in total. The Bertz CT molecular complexity index is 872. The first-order chi connectivity index (χ1) is 12.5. The first-order valence-corrected chi connectivity index (χ1v) is 8.48. The summed E-state index contributed by atoms with van der Waals surface area (Å²) in [6, 6.07) is 14.8. The molecule has 0 bridgehead atoms. The molecule has 0 atom stereocenters. The normalized spacial score (nSPS) is 13.1. The summed E-state index contributed by atoms with van der Waals surface area (Å²) < 4.78 is 0. The lowest BCUT2D eigenvalue weighted by Gasteiger charge is -2.10. The van der Waals surface area contributed by atoms with Gasteiger partial charge in [0, 0.05) is 37.3 Å². The topological polar surface area (TPSA) is 66.5 Å². The van der Waals surface area contributed by atoms with Gasteiger partial charge in [-0.15, -0.1) is 0 Å². The summed E-state index contributed by atoms with van der Waals surface area (Å²) in [6.45, 7) is 0.271. The van der Waals surface area contributed by atoms with Crippen LogP contribution in [0.25, 0.3) is 6.08 Å². The molecule has 0 fully saturated rings. The molecule has 0 aliphatic carbocycles. The molecule has 0 spiro atoms. The fourth-order valence-corrected chi connectivity index (χ4v) is 2.88. The van der Waals surface area contributed by atoms with E-state index in [2.05, 4.69) is 5.32 Å². The number of Topliss-reactive ketones (excluding diaryl/α,β-unsaturated/α-hetero) is 1. The number of hydrogen-bond acceptors (Lipinski definition) is 3. The van der Waals surface area contributed by atoms with Crippen LogP contribution in [0.2, 0.25) is 0 Å². The summed E-state index contributed by atoms with van der Waals surface area (Å²) in [5.41, 5.74) is 3.24. The number of ketones is 1. The maximum Gasteiger partial charge on any atom is 0.244 e. The van der Waals surface area contributed by atoms with Gasteiger partial charge in [0.1, 0.15) is 0 Å². The zero-order chi connectivity index (χ0) is 18.5. The molecule has 2 amide bonds. The van der Waals surface area contributed by atoms with Crippen molar-refractivity contribution >= 4 is 29.4 Å². The zero-order valence-electron chi connectivity index (χ0n) is 14.6. The van der Waals surface area contributed by atoms with E-state index in [0.717, 1.165) is 16.8 Å². The number of nitrogens with one attached hydrogen (secondary N) is 1. The Balaban J connectivity index is 1.50. The van der Waals surface area contributed by atoms with Crippen molar-refractivity contribution < 1.29 is 14.4 Å². The van der Waals surface area contributed by atoms with Crippen LogP contribution in [0.1, 0.15) is 27.9 Å². The van der Waals surface area contributed by atoms with Gasteiger partial charge in [-0.3, -0.25) is 14.4 Å². The summed E-state index contributed by atoms with van der Waals surface area (Å²) in [4.78, 5) is 37.4. The van der Waals surface area contributed by atoms with Gasteiger partial charge in [0.05, 0.1) is 6.42 Å². The van der Waals surface area contributed by atoms with Crippen molar-refractivity contribution in [2.24, 2.45) is 0 Å². The van der Waals surface area contributed by atoms with E-state index >= 15 is 0 Å². The quantitative estimate of drug-likeness (QED) is 0.645. The Morgan fingerprint density at radius 2 is 1.92 bits per heavy atom. The highest BCUT2D eigenvalue weighted by Gasteiger charge is 2.24. The van der Waals surface area contributed by atoms with E-state index in [0.29, 0.717) is 12.0 Å². The Kier molecular flexibility index (Phi) is 5.27. The Hall–Kier alpha value is -3.21. The molecule has 3 rings (SSSR count). The molecule has 5 nitrogen and oxygen atoms in total. The molecule has 0 saturated carbocycles. The molecule has 0 radical (unpaired) electrons. The van der Waals surface area contributed by atoms with Crippen LogP contribution in [0.15, 0.2) is 54.6 Å². The van der Waals surface area contributed by atoms with Crippen LogP contribution in [0.4, 0.5) is 5.69 Å². The number of likely N-dealkylation sites (N-methyl/N-ethyl adjacent to an activating group) is 1. The number of benzene rings is 2. The third-order valence-corrected chi connectivity index (χ3v) is 4.36. The van der Waals surface area contributed by atoms with Crippen LogP contribution in [-0.4, -0.2) is 31.2 Å². The number of hydrogen-bond donors (Lipinski definition) is 1. The fraction of sp³-hybridized carbons (Fsp3) is 0.190. The van der Waals surface area contributed by atoms with Crippen LogP contribution in [0.3, 0.4) is 0 Å². The average molecular weight is 348 g/mol. The molecule has 26 heavy (non-hydrogen) atoms. The van der Waals surface area contributed by atoms with Gasteiger partial charge in [-0.05, 0) is 35.4 Å². The number of rotatable bonds is 6. The lowest BCUT2D eigenvalue weighted by Crippen LogP contribution is -2.24. The van der Waals surface area contributed by atoms with Crippen molar-refractivity contribution in [3.05, 3.63) is 71.3 Å². The second-order valence-corrected chi connectivity index (χ2v) is 6.18. The molecule has 0 aromatic heterocycles. The fourth-order valence-electron chi connectivity index (χ4n) is 2.88. The number of amides is 2. The van der Waals surface area contributed by atoms with Crippen molar-refractivity contribution in [2.45, 2.75) is 12.8 Å². The van der Waals surface area contributed by atoms with Gasteiger partial charge in [0.2, 0.25) is 11.8 Å².